The summed E-state index contributed by atoms with van der Waals surface area (Å²) in [6.07, 6.45) is 2.27. The minimum Gasteiger partial charge on any atom is -0.381 e. The monoisotopic (exact) mass is 412 g/mol. The molecule has 3 rings (SSSR count). The van der Waals surface area contributed by atoms with Gasteiger partial charge in [0.25, 0.3) is 0 Å². The van der Waals surface area contributed by atoms with Crippen LogP contribution in [0.3, 0.4) is 0 Å². The van der Waals surface area contributed by atoms with E-state index in [-0.39, 0.29) is 5.82 Å². The Hall–Kier alpha value is -1.87. The lowest BCUT2D eigenvalue weighted by atomic mass is 9.99. The van der Waals surface area contributed by atoms with Gasteiger partial charge in [-0.2, -0.15) is 0 Å². The van der Waals surface area contributed by atoms with Crippen LogP contribution in [0.25, 0.3) is 0 Å². The van der Waals surface area contributed by atoms with Crippen molar-refractivity contribution in [3.63, 3.8) is 0 Å². The quantitative estimate of drug-likeness (QED) is 0.590. The zero-order valence-electron chi connectivity index (χ0n) is 16.5. The van der Waals surface area contributed by atoms with E-state index in [2.05, 4.69) is 15.2 Å². The first-order valence-corrected chi connectivity index (χ1v) is 11.5. The molecular formula is C19H29FN4O3S. The second kappa shape index (κ2) is 8.65. The van der Waals surface area contributed by atoms with Crippen LogP contribution < -0.4 is 10.2 Å². The summed E-state index contributed by atoms with van der Waals surface area (Å²) in [5, 5.41) is 3.27. The highest BCUT2D eigenvalue weighted by Gasteiger charge is 2.42. The van der Waals surface area contributed by atoms with E-state index in [1.54, 1.807) is 19.2 Å². The van der Waals surface area contributed by atoms with Crippen molar-refractivity contribution in [1.29, 1.82) is 0 Å². The summed E-state index contributed by atoms with van der Waals surface area (Å²) in [6, 6.07) is 6.79. The van der Waals surface area contributed by atoms with Crippen molar-refractivity contribution in [3.8, 4) is 0 Å². The van der Waals surface area contributed by atoms with E-state index in [0.717, 1.165) is 0 Å². The molecule has 0 radical (unpaired) electrons. The number of nitrogens with one attached hydrogen (secondary N) is 1. The van der Waals surface area contributed by atoms with Gasteiger partial charge in [-0.25, -0.2) is 12.8 Å². The van der Waals surface area contributed by atoms with E-state index in [0.29, 0.717) is 70.4 Å². The van der Waals surface area contributed by atoms with Gasteiger partial charge in [0.05, 0.1) is 10.4 Å². The molecule has 2 saturated heterocycles. The van der Waals surface area contributed by atoms with Crippen molar-refractivity contribution < 1.29 is 17.5 Å². The van der Waals surface area contributed by atoms with Crippen LogP contribution in [0, 0.1) is 5.82 Å². The lowest BCUT2D eigenvalue weighted by Crippen LogP contribution is -2.57. The number of aliphatic imine (C=N–C) groups is 1. The fraction of sp³-hybridized carbons (Fsp3) is 0.632. The number of ether oxygens (including phenoxy) is 1. The topological polar surface area (TPSA) is 74.2 Å². The highest BCUT2D eigenvalue weighted by Crippen LogP contribution is 2.28. The Kier molecular flexibility index (Phi) is 6.44. The second-order valence-electron chi connectivity index (χ2n) is 7.39. The van der Waals surface area contributed by atoms with Gasteiger partial charge in [-0.1, -0.05) is 12.1 Å². The van der Waals surface area contributed by atoms with Crippen LogP contribution in [0.1, 0.15) is 12.8 Å². The highest BCUT2D eigenvalue weighted by atomic mass is 32.2. The fourth-order valence-corrected chi connectivity index (χ4v) is 5.10. The maximum atomic E-state index is 14.0. The molecule has 28 heavy (non-hydrogen) atoms. The number of sulfone groups is 1. The molecule has 0 spiro atoms. The molecule has 2 heterocycles. The van der Waals surface area contributed by atoms with Crippen LogP contribution in [-0.2, 0) is 14.6 Å². The molecule has 1 N–H and O–H groups in total. The lowest BCUT2D eigenvalue weighted by Gasteiger charge is -2.40. The van der Waals surface area contributed by atoms with E-state index in [4.69, 9.17) is 4.74 Å². The number of anilines is 1. The molecule has 0 aromatic heterocycles. The Morgan fingerprint density at radius 2 is 1.86 bits per heavy atom. The number of rotatable bonds is 4. The standard InChI is InChI=1S/C19H29FN4O3S/c1-21-18(22-15-19(28(2,25)26)7-13-27-14-8-19)24-11-9-23(10-12-24)17-6-4-3-5-16(17)20/h3-6H,7-15H2,1-2H3,(H,21,22). The molecule has 2 fully saturated rings. The zero-order chi connectivity index (χ0) is 20.2. The van der Waals surface area contributed by atoms with Crippen LogP contribution >= 0.6 is 0 Å². The third kappa shape index (κ3) is 4.41. The molecule has 0 unspecified atom stereocenters. The van der Waals surface area contributed by atoms with E-state index in [1.165, 1.54) is 12.3 Å². The first-order chi connectivity index (χ1) is 13.4. The molecule has 0 aliphatic carbocycles. The maximum absolute atomic E-state index is 14.0. The number of hydrogen-bond acceptors (Lipinski definition) is 5. The van der Waals surface area contributed by atoms with Gasteiger partial charge in [0.2, 0.25) is 0 Å². The molecule has 7 nitrogen and oxygen atoms in total. The van der Waals surface area contributed by atoms with Crippen molar-refractivity contribution in [3.05, 3.63) is 30.1 Å². The zero-order valence-corrected chi connectivity index (χ0v) is 17.3. The van der Waals surface area contributed by atoms with Crippen LogP contribution in [0.2, 0.25) is 0 Å². The van der Waals surface area contributed by atoms with Gasteiger partial charge in [-0.15, -0.1) is 0 Å². The van der Waals surface area contributed by atoms with E-state index >= 15 is 0 Å². The Morgan fingerprint density at radius 1 is 1.21 bits per heavy atom. The van der Waals surface area contributed by atoms with E-state index in [1.807, 2.05) is 11.0 Å². The summed E-state index contributed by atoms with van der Waals surface area (Å²) in [7, 11) is -1.54. The minimum absolute atomic E-state index is 0.215. The van der Waals surface area contributed by atoms with Crippen molar-refractivity contribution in [2.45, 2.75) is 17.6 Å². The van der Waals surface area contributed by atoms with Crippen molar-refractivity contribution in [2.75, 3.05) is 64.1 Å². The average molecular weight is 413 g/mol. The molecule has 2 aliphatic rings. The molecular weight excluding hydrogens is 383 g/mol. The summed E-state index contributed by atoms with van der Waals surface area (Å²) >= 11 is 0. The van der Waals surface area contributed by atoms with Gasteiger partial charge >= 0.3 is 0 Å². The highest BCUT2D eigenvalue weighted by molar-refractivity contribution is 7.92. The van der Waals surface area contributed by atoms with Gasteiger partial charge in [0.15, 0.2) is 15.8 Å². The fourth-order valence-electron chi connectivity index (χ4n) is 3.86. The van der Waals surface area contributed by atoms with E-state index < -0.39 is 14.6 Å². The number of piperazine rings is 1. The van der Waals surface area contributed by atoms with Crippen molar-refractivity contribution >= 4 is 21.5 Å². The predicted octanol–water partition coefficient (Wildman–Crippen LogP) is 1.12. The third-order valence-electron chi connectivity index (χ3n) is 5.74. The smallest absolute Gasteiger partial charge is 0.193 e. The largest absolute Gasteiger partial charge is 0.381 e. The first kappa shape index (κ1) is 20.9. The molecule has 0 bridgehead atoms. The lowest BCUT2D eigenvalue weighted by molar-refractivity contribution is 0.0754. The molecule has 9 heteroatoms. The summed E-state index contributed by atoms with van der Waals surface area (Å²) in [4.78, 5) is 8.45. The van der Waals surface area contributed by atoms with Crippen LogP contribution in [-0.4, -0.2) is 83.3 Å². The molecule has 1 aromatic carbocycles. The van der Waals surface area contributed by atoms with E-state index in [9.17, 15) is 12.8 Å². The third-order valence-corrected chi connectivity index (χ3v) is 7.87. The Labute approximate surface area is 166 Å². The van der Waals surface area contributed by atoms with Gasteiger partial charge in [0.1, 0.15) is 5.82 Å². The number of para-hydroxylation sites is 1. The number of benzene rings is 1. The molecule has 1 aromatic rings. The number of nitrogens with zero attached hydrogens (tertiary/aromatic N) is 3. The second-order valence-corrected chi connectivity index (χ2v) is 9.80. The average Bonchev–Trinajstić information content (AvgIpc) is 2.69. The minimum atomic E-state index is -3.24. The summed E-state index contributed by atoms with van der Waals surface area (Å²) in [5.41, 5.74) is 0.614. The molecule has 0 atom stereocenters. The number of hydrogen-bond donors (Lipinski definition) is 1. The van der Waals surface area contributed by atoms with Gasteiger partial charge in [-0.3, -0.25) is 4.99 Å². The molecule has 0 amide bonds. The van der Waals surface area contributed by atoms with Gasteiger partial charge < -0.3 is 19.9 Å². The SMILES string of the molecule is CN=C(NCC1(S(C)(=O)=O)CCOCC1)N1CCN(c2ccccc2F)CC1. The van der Waals surface area contributed by atoms with Gasteiger partial charge in [0, 0.05) is 59.2 Å². The molecule has 156 valence electrons. The van der Waals surface area contributed by atoms with Gasteiger partial charge in [-0.05, 0) is 25.0 Å². The van der Waals surface area contributed by atoms with Crippen LogP contribution in [0.5, 0.6) is 0 Å². The predicted molar refractivity (Wildman–Crippen MR) is 109 cm³/mol. The Balaban J connectivity index is 1.61. The number of guanidine groups is 1. The van der Waals surface area contributed by atoms with Crippen LogP contribution in [0.4, 0.5) is 10.1 Å². The molecule has 2 aliphatic heterocycles. The molecule has 0 saturated carbocycles. The van der Waals surface area contributed by atoms with Crippen molar-refractivity contribution in [2.24, 2.45) is 4.99 Å². The Bertz CT molecular complexity index is 801. The summed E-state index contributed by atoms with van der Waals surface area (Å²) < 4.78 is 43.4. The van der Waals surface area contributed by atoms with Crippen LogP contribution in [0.15, 0.2) is 29.3 Å². The maximum Gasteiger partial charge on any atom is 0.193 e. The summed E-state index contributed by atoms with van der Waals surface area (Å²) in [5.74, 6) is 0.468. The number of halogens is 1. The Morgan fingerprint density at radius 3 is 2.43 bits per heavy atom. The first-order valence-electron chi connectivity index (χ1n) is 9.59. The van der Waals surface area contributed by atoms with Crippen molar-refractivity contribution in [1.82, 2.24) is 10.2 Å². The summed E-state index contributed by atoms with van der Waals surface area (Å²) in [6.45, 7) is 3.93. The normalized spacial score (nSPS) is 20.9.